The van der Waals surface area contributed by atoms with Crippen molar-refractivity contribution in [3.63, 3.8) is 0 Å². The summed E-state index contributed by atoms with van der Waals surface area (Å²) >= 11 is 0. The summed E-state index contributed by atoms with van der Waals surface area (Å²) in [5.41, 5.74) is 0.926. The third-order valence-corrected chi connectivity index (χ3v) is 5.24. The van der Waals surface area contributed by atoms with E-state index < -0.39 is 17.1 Å². The number of hydrogen-bond donors (Lipinski definition) is 3. The topological polar surface area (TPSA) is 89.9 Å². The molecule has 0 aliphatic heterocycles. The molecule has 0 bridgehead atoms. The molecule has 0 heterocycles. The summed E-state index contributed by atoms with van der Waals surface area (Å²) in [6.45, 7) is 7.06. The Kier molecular flexibility index (Phi) is 5.92. The lowest BCUT2D eigenvalue weighted by molar-refractivity contribution is 0.420. The number of nitrogens with zero attached hydrogens (tertiary/aromatic N) is 1. The van der Waals surface area contributed by atoms with Crippen molar-refractivity contribution in [3.8, 4) is 0 Å². The lowest BCUT2D eigenvalue weighted by Gasteiger charge is -2.17. The van der Waals surface area contributed by atoms with Gasteiger partial charge in [-0.05, 0) is 23.7 Å². The normalized spacial score (nSPS) is 11.9. The van der Waals surface area contributed by atoms with Gasteiger partial charge < -0.3 is 14.9 Å². The van der Waals surface area contributed by atoms with Gasteiger partial charge in [0, 0.05) is 36.3 Å². The van der Waals surface area contributed by atoms with E-state index in [-0.39, 0.29) is 16.1 Å². The summed E-state index contributed by atoms with van der Waals surface area (Å²) in [7, 11) is -1.91. The Labute approximate surface area is 154 Å². The van der Waals surface area contributed by atoms with Crippen LogP contribution >= 0.6 is 0 Å². The van der Waals surface area contributed by atoms with Gasteiger partial charge in [-0.2, -0.15) is 0 Å². The van der Waals surface area contributed by atoms with Crippen molar-refractivity contribution in [2.75, 3.05) is 19.0 Å². The molecule has 0 saturated heterocycles. The van der Waals surface area contributed by atoms with E-state index >= 15 is 0 Å². The maximum Gasteiger partial charge on any atom is 0.488 e. The number of nitrogens with one attached hydrogen (secondary N) is 1. The fraction of sp³-hybridized carbons (Fsp3) is 0.111. The molecule has 0 aromatic heterocycles. The molecule has 0 fully saturated rings. The maximum absolute atomic E-state index is 12.8. The van der Waals surface area contributed by atoms with Crippen LogP contribution < -0.4 is 9.62 Å². The SMILES string of the molecule is C=C/C(=C\C(=C)NS(=O)(=O)c1cccc2c(N(C)C)cccc12)B(O)O. The zero-order chi connectivity index (χ0) is 19.5. The molecule has 0 radical (unpaired) electrons. The highest BCUT2D eigenvalue weighted by Gasteiger charge is 2.19. The minimum absolute atomic E-state index is 0.00577. The minimum atomic E-state index is -3.92. The summed E-state index contributed by atoms with van der Waals surface area (Å²) in [5.74, 6) is 0. The zero-order valence-corrected chi connectivity index (χ0v) is 15.5. The van der Waals surface area contributed by atoms with Crippen molar-refractivity contribution in [2.45, 2.75) is 4.90 Å². The number of hydrogen-bond acceptors (Lipinski definition) is 5. The third kappa shape index (κ3) is 4.16. The quantitative estimate of drug-likeness (QED) is 0.510. The number of allylic oxidation sites excluding steroid dienone is 3. The molecule has 0 amide bonds. The van der Waals surface area contributed by atoms with Gasteiger partial charge in [0.05, 0.1) is 4.90 Å². The van der Waals surface area contributed by atoms with Gasteiger partial charge in [0.1, 0.15) is 0 Å². The molecular weight excluding hydrogens is 351 g/mol. The summed E-state index contributed by atoms with van der Waals surface area (Å²) in [6.07, 6.45) is 2.43. The first kappa shape index (κ1) is 19.8. The predicted octanol–water partition coefficient (Wildman–Crippen LogP) is 1.82. The molecule has 2 aromatic rings. The van der Waals surface area contributed by atoms with Crippen LogP contribution in [0.3, 0.4) is 0 Å². The van der Waals surface area contributed by atoms with E-state index in [1.54, 1.807) is 18.2 Å². The number of benzene rings is 2. The number of sulfonamides is 1. The standard InChI is InChI=1S/C18H21BN2O4S/c1-5-14(19(22)23)12-13(2)20-26(24,25)18-11-7-8-15-16(18)9-6-10-17(15)21(3)4/h5-12,20,22-23H,1-2H2,3-4H3/b14-12+. The van der Waals surface area contributed by atoms with Crippen molar-refractivity contribution in [3.05, 3.63) is 72.9 Å². The molecule has 136 valence electrons. The van der Waals surface area contributed by atoms with Crippen molar-refractivity contribution in [2.24, 2.45) is 0 Å². The Bertz CT molecular complexity index is 982. The van der Waals surface area contributed by atoms with Crippen LogP contribution in [0.2, 0.25) is 0 Å². The molecule has 8 heteroatoms. The van der Waals surface area contributed by atoms with Gasteiger partial charge >= 0.3 is 7.12 Å². The van der Waals surface area contributed by atoms with E-state index in [2.05, 4.69) is 17.9 Å². The molecule has 0 spiro atoms. The van der Waals surface area contributed by atoms with Crippen LogP contribution in [0.4, 0.5) is 5.69 Å². The molecule has 0 saturated carbocycles. The highest BCUT2D eigenvalue weighted by molar-refractivity contribution is 7.89. The van der Waals surface area contributed by atoms with E-state index in [1.807, 2.05) is 31.1 Å². The monoisotopic (exact) mass is 372 g/mol. The van der Waals surface area contributed by atoms with Gasteiger partial charge in [0.25, 0.3) is 10.0 Å². The number of rotatable bonds is 7. The first-order valence-electron chi connectivity index (χ1n) is 7.78. The van der Waals surface area contributed by atoms with Gasteiger partial charge in [0.15, 0.2) is 0 Å². The average Bonchev–Trinajstić information content (AvgIpc) is 2.57. The molecular formula is C18H21BN2O4S. The van der Waals surface area contributed by atoms with Gasteiger partial charge in [-0.25, -0.2) is 8.42 Å². The Balaban J connectivity index is 2.49. The Morgan fingerprint density at radius 2 is 1.77 bits per heavy atom. The van der Waals surface area contributed by atoms with Crippen molar-refractivity contribution in [1.29, 1.82) is 0 Å². The van der Waals surface area contributed by atoms with Crippen LogP contribution in [0.15, 0.2) is 77.8 Å². The van der Waals surface area contributed by atoms with Crippen LogP contribution in [0.1, 0.15) is 0 Å². The zero-order valence-electron chi connectivity index (χ0n) is 14.7. The van der Waals surface area contributed by atoms with E-state index in [1.165, 1.54) is 18.2 Å². The molecule has 2 rings (SSSR count). The van der Waals surface area contributed by atoms with Gasteiger partial charge in [0.2, 0.25) is 0 Å². The van der Waals surface area contributed by atoms with Crippen molar-refractivity contribution in [1.82, 2.24) is 4.72 Å². The number of anilines is 1. The van der Waals surface area contributed by atoms with Crippen LogP contribution in [0.5, 0.6) is 0 Å². The van der Waals surface area contributed by atoms with E-state index in [0.29, 0.717) is 5.39 Å². The largest absolute Gasteiger partial charge is 0.488 e. The Morgan fingerprint density at radius 1 is 1.15 bits per heavy atom. The predicted molar refractivity (Wildman–Crippen MR) is 106 cm³/mol. The molecule has 26 heavy (non-hydrogen) atoms. The van der Waals surface area contributed by atoms with Crippen molar-refractivity contribution >= 4 is 33.6 Å². The summed E-state index contributed by atoms with van der Waals surface area (Å²) in [4.78, 5) is 2.02. The molecule has 0 unspecified atom stereocenters. The van der Waals surface area contributed by atoms with Crippen LogP contribution in [-0.2, 0) is 10.0 Å². The maximum atomic E-state index is 12.8. The van der Waals surface area contributed by atoms with Crippen LogP contribution in [0.25, 0.3) is 10.8 Å². The summed E-state index contributed by atoms with van der Waals surface area (Å²) in [6, 6.07) is 10.5. The molecule has 3 N–H and O–H groups in total. The van der Waals surface area contributed by atoms with E-state index in [4.69, 9.17) is 0 Å². The van der Waals surface area contributed by atoms with Gasteiger partial charge in [-0.15, -0.1) is 0 Å². The lowest BCUT2D eigenvalue weighted by atomic mass is 9.79. The van der Waals surface area contributed by atoms with Crippen LogP contribution in [0, 0.1) is 0 Å². The summed E-state index contributed by atoms with van der Waals surface area (Å²) < 4.78 is 28.0. The summed E-state index contributed by atoms with van der Waals surface area (Å²) in [5, 5.41) is 19.8. The fourth-order valence-corrected chi connectivity index (χ4v) is 3.83. The molecule has 0 aliphatic carbocycles. The fourth-order valence-electron chi connectivity index (χ4n) is 2.59. The minimum Gasteiger partial charge on any atom is -0.423 e. The van der Waals surface area contributed by atoms with Gasteiger partial charge in [-0.1, -0.05) is 43.5 Å². The van der Waals surface area contributed by atoms with Gasteiger partial charge in [-0.3, -0.25) is 4.72 Å². The third-order valence-electron chi connectivity index (χ3n) is 3.77. The van der Waals surface area contributed by atoms with Crippen LogP contribution in [-0.4, -0.2) is 39.7 Å². The molecule has 6 nitrogen and oxygen atoms in total. The average molecular weight is 372 g/mol. The Morgan fingerprint density at radius 3 is 2.35 bits per heavy atom. The highest BCUT2D eigenvalue weighted by Crippen LogP contribution is 2.30. The molecule has 2 aromatic carbocycles. The van der Waals surface area contributed by atoms with E-state index in [9.17, 15) is 18.5 Å². The molecule has 0 aliphatic rings. The highest BCUT2D eigenvalue weighted by atomic mass is 32.2. The first-order chi connectivity index (χ1) is 12.2. The van der Waals surface area contributed by atoms with E-state index in [0.717, 1.165) is 11.1 Å². The smallest absolute Gasteiger partial charge is 0.423 e. The second-order valence-electron chi connectivity index (χ2n) is 5.88. The van der Waals surface area contributed by atoms with Crippen molar-refractivity contribution < 1.29 is 18.5 Å². The second-order valence-corrected chi connectivity index (χ2v) is 7.53. The lowest BCUT2D eigenvalue weighted by Crippen LogP contribution is -2.23. The second kappa shape index (κ2) is 7.78. The molecule has 0 atom stereocenters. The first-order valence-corrected chi connectivity index (χ1v) is 9.26. The number of fused-ring (bicyclic) bond motifs is 1. The Hall–Kier alpha value is -2.55.